The van der Waals surface area contributed by atoms with E-state index in [1.807, 2.05) is 66.7 Å². The molecule has 0 saturated heterocycles. The molecule has 0 saturated carbocycles. The highest BCUT2D eigenvalue weighted by Gasteiger charge is 2.07. The Morgan fingerprint density at radius 2 is 1.55 bits per heavy atom. The maximum atomic E-state index is 12.3. The third kappa shape index (κ3) is 6.39. The highest BCUT2D eigenvalue weighted by Crippen LogP contribution is 2.22. The Hall–Kier alpha value is -3.27. The quantitative estimate of drug-likeness (QED) is 0.418. The third-order valence-electron chi connectivity index (χ3n) is 4.82. The molecule has 0 aliphatic carbocycles. The summed E-state index contributed by atoms with van der Waals surface area (Å²) in [7, 11) is 0. The highest BCUT2D eigenvalue weighted by molar-refractivity contribution is 5.91. The molecule has 0 aromatic heterocycles. The molecule has 1 amide bonds. The Balaban J connectivity index is 1.50. The predicted octanol–water partition coefficient (Wildman–Crippen LogP) is 6.05. The Labute approximate surface area is 172 Å². The van der Waals surface area contributed by atoms with Crippen LogP contribution in [0.1, 0.15) is 37.3 Å². The first kappa shape index (κ1) is 20.5. The first-order chi connectivity index (χ1) is 14.1. The van der Waals surface area contributed by atoms with E-state index in [1.165, 1.54) is 0 Å². The van der Waals surface area contributed by atoms with Gasteiger partial charge in [0.05, 0.1) is 0 Å². The number of nitrogens with one attached hydrogen (secondary N) is 2. The number of phenolic OH excluding ortho intramolecular Hbond substituents is 1. The number of unbranched alkanes of at least 4 members (excludes halogenated alkanes) is 1. The highest BCUT2D eigenvalue weighted by atomic mass is 16.3. The van der Waals surface area contributed by atoms with Gasteiger partial charge in [-0.3, -0.25) is 4.79 Å². The van der Waals surface area contributed by atoms with Crippen molar-refractivity contribution in [1.29, 1.82) is 0 Å². The zero-order valence-corrected chi connectivity index (χ0v) is 16.8. The van der Waals surface area contributed by atoms with Gasteiger partial charge in [-0.2, -0.15) is 0 Å². The summed E-state index contributed by atoms with van der Waals surface area (Å²) in [5.41, 5.74) is 4.81. The van der Waals surface area contributed by atoms with Gasteiger partial charge in [0.25, 0.3) is 0 Å². The summed E-state index contributed by atoms with van der Waals surface area (Å²) < 4.78 is 0. The number of carbonyl (C=O) groups is 1. The van der Waals surface area contributed by atoms with Crippen LogP contribution < -0.4 is 10.6 Å². The molecule has 29 heavy (non-hydrogen) atoms. The maximum absolute atomic E-state index is 12.3. The SMILES string of the molecule is CCCCc1cc(CCC(=O)Nc2ccc(Nc3ccccc3)cc2)ccc1O. The second-order valence-electron chi connectivity index (χ2n) is 7.18. The molecule has 0 atom stereocenters. The molecule has 0 aliphatic rings. The van der Waals surface area contributed by atoms with Gasteiger partial charge in [-0.05, 0) is 72.9 Å². The summed E-state index contributed by atoms with van der Waals surface area (Å²) >= 11 is 0. The fourth-order valence-electron chi connectivity index (χ4n) is 3.17. The first-order valence-electron chi connectivity index (χ1n) is 10.2. The van der Waals surface area contributed by atoms with Crippen LogP contribution >= 0.6 is 0 Å². The standard InChI is InChI=1S/C25H28N2O2/c1-2-3-7-20-18-19(10-16-24(20)28)11-17-25(29)27-23-14-12-22(13-15-23)26-21-8-5-4-6-9-21/h4-6,8-10,12-16,18,26,28H,2-3,7,11,17H2,1H3,(H,27,29). The summed E-state index contributed by atoms with van der Waals surface area (Å²) in [6, 6.07) is 23.3. The minimum atomic E-state index is -0.0167. The topological polar surface area (TPSA) is 61.4 Å². The molecule has 3 N–H and O–H groups in total. The smallest absolute Gasteiger partial charge is 0.224 e. The summed E-state index contributed by atoms with van der Waals surface area (Å²) in [5.74, 6) is 0.327. The summed E-state index contributed by atoms with van der Waals surface area (Å²) in [6.45, 7) is 2.13. The zero-order chi connectivity index (χ0) is 20.5. The molecule has 0 unspecified atom stereocenters. The number of aryl methyl sites for hydroxylation is 2. The number of phenols is 1. The molecule has 3 aromatic carbocycles. The average molecular weight is 389 g/mol. The molecule has 0 radical (unpaired) electrons. The molecule has 4 nitrogen and oxygen atoms in total. The molecular formula is C25H28N2O2. The van der Waals surface area contributed by atoms with Gasteiger partial charge in [0.1, 0.15) is 5.75 Å². The van der Waals surface area contributed by atoms with Crippen LogP contribution in [-0.4, -0.2) is 11.0 Å². The largest absolute Gasteiger partial charge is 0.508 e. The van der Waals surface area contributed by atoms with E-state index >= 15 is 0 Å². The van der Waals surface area contributed by atoms with Crippen molar-refractivity contribution in [2.75, 3.05) is 10.6 Å². The number of carbonyl (C=O) groups excluding carboxylic acids is 1. The van der Waals surface area contributed by atoms with Gasteiger partial charge in [0.15, 0.2) is 0 Å². The van der Waals surface area contributed by atoms with E-state index in [2.05, 4.69) is 17.6 Å². The zero-order valence-electron chi connectivity index (χ0n) is 16.8. The minimum Gasteiger partial charge on any atom is -0.508 e. The second kappa shape index (κ2) is 10.3. The van der Waals surface area contributed by atoms with Gasteiger partial charge < -0.3 is 15.7 Å². The van der Waals surface area contributed by atoms with Crippen LogP contribution in [0.15, 0.2) is 72.8 Å². The first-order valence-corrected chi connectivity index (χ1v) is 10.2. The number of benzene rings is 3. The third-order valence-corrected chi connectivity index (χ3v) is 4.82. The average Bonchev–Trinajstić information content (AvgIpc) is 2.74. The fourth-order valence-corrected chi connectivity index (χ4v) is 3.17. The second-order valence-corrected chi connectivity index (χ2v) is 7.18. The van der Waals surface area contributed by atoms with Gasteiger partial charge >= 0.3 is 0 Å². The Morgan fingerprint density at radius 1 is 0.862 bits per heavy atom. The summed E-state index contributed by atoms with van der Waals surface area (Å²) in [6.07, 6.45) is 4.06. The fraction of sp³-hybridized carbons (Fsp3) is 0.240. The molecule has 150 valence electrons. The van der Waals surface area contributed by atoms with E-state index in [9.17, 15) is 9.90 Å². The maximum Gasteiger partial charge on any atom is 0.224 e. The number of aromatic hydroxyl groups is 1. The normalized spacial score (nSPS) is 10.5. The van der Waals surface area contributed by atoms with Crippen molar-refractivity contribution in [3.05, 3.63) is 83.9 Å². The lowest BCUT2D eigenvalue weighted by atomic mass is 10.0. The van der Waals surface area contributed by atoms with E-state index in [0.29, 0.717) is 18.6 Å². The van der Waals surface area contributed by atoms with Crippen molar-refractivity contribution in [2.24, 2.45) is 0 Å². The molecule has 0 fully saturated rings. The van der Waals surface area contributed by atoms with Crippen LogP contribution in [0, 0.1) is 0 Å². The monoisotopic (exact) mass is 388 g/mol. The summed E-state index contributed by atoms with van der Waals surface area (Å²) in [5, 5.41) is 16.2. The van der Waals surface area contributed by atoms with Crippen LogP contribution in [0.25, 0.3) is 0 Å². The number of anilines is 3. The van der Waals surface area contributed by atoms with Crippen LogP contribution in [0.3, 0.4) is 0 Å². The van der Waals surface area contributed by atoms with Gasteiger partial charge in [-0.25, -0.2) is 0 Å². The molecule has 3 aromatic rings. The number of rotatable bonds is 9. The molecule has 0 heterocycles. The number of hydrogen-bond acceptors (Lipinski definition) is 3. The Morgan fingerprint density at radius 3 is 2.28 bits per heavy atom. The molecule has 4 heteroatoms. The van der Waals surface area contributed by atoms with Gasteiger partial charge in [-0.15, -0.1) is 0 Å². The van der Waals surface area contributed by atoms with Crippen LogP contribution in [-0.2, 0) is 17.6 Å². The van der Waals surface area contributed by atoms with E-state index < -0.39 is 0 Å². The molecule has 0 bridgehead atoms. The van der Waals surface area contributed by atoms with Crippen molar-refractivity contribution in [2.45, 2.75) is 39.0 Å². The lowest BCUT2D eigenvalue weighted by Crippen LogP contribution is -2.12. The molecular weight excluding hydrogens is 360 g/mol. The van der Waals surface area contributed by atoms with Crippen molar-refractivity contribution >= 4 is 23.0 Å². The van der Waals surface area contributed by atoms with Crippen LogP contribution in [0.5, 0.6) is 5.75 Å². The van der Waals surface area contributed by atoms with E-state index in [0.717, 1.165) is 47.5 Å². The minimum absolute atomic E-state index is 0.0167. The van der Waals surface area contributed by atoms with Crippen LogP contribution in [0.4, 0.5) is 17.1 Å². The number of para-hydroxylation sites is 1. The Kier molecular flexibility index (Phi) is 7.28. The lowest BCUT2D eigenvalue weighted by molar-refractivity contribution is -0.116. The van der Waals surface area contributed by atoms with E-state index in [1.54, 1.807) is 6.07 Å². The number of amides is 1. The van der Waals surface area contributed by atoms with Crippen molar-refractivity contribution < 1.29 is 9.90 Å². The molecule has 3 rings (SSSR count). The van der Waals surface area contributed by atoms with Crippen molar-refractivity contribution in [1.82, 2.24) is 0 Å². The van der Waals surface area contributed by atoms with Gasteiger partial charge in [0.2, 0.25) is 5.91 Å². The number of hydrogen-bond donors (Lipinski definition) is 3. The lowest BCUT2D eigenvalue weighted by Gasteiger charge is -2.10. The Bertz CT molecular complexity index is 921. The van der Waals surface area contributed by atoms with Gasteiger partial charge in [0, 0.05) is 23.5 Å². The van der Waals surface area contributed by atoms with Crippen molar-refractivity contribution in [3.8, 4) is 5.75 Å². The van der Waals surface area contributed by atoms with E-state index in [-0.39, 0.29) is 5.91 Å². The van der Waals surface area contributed by atoms with Crippen LogP contribution in [0.2, 0.25) is 0 Å². The van der Waals surface area contributed by atoms with Crippen molar-refractivity contribution in [3.63, 3.8) is 0 Å². The molecule has 0 aliphatic heterocycles. The van der Waals surface area contributed by atoms with E-state index in [4.69, 9.17) is 0 Å². The summed E-state index contributed by atoms with van der Waals surface area (Å²) in [4.78, 5) is 12.3. The predicted molar refractivity (Wildman–Crippen MR) is 120 cm³/mol. The molecule has 0 spiro atoms. The van der Waals surface area contributed by atoms with Gasteiger partial charge in [-0.1, -0.05) is 43.7 Å².